The molecule has 0 spiro atoms. The van der Waals surface area contributed by atoms with E-state index in [1.165, 1.54) is 6.92 Å². The summed E-state index contributed by atoms with van der Waals surface area (Å²) in [6.45, 7) is 4.15. The molecule has 1 atom stereocenters. The van der Waals surface area contributed by atoms with Crippen LogP contribution in [0, 0.1) is 0 Å². The van der Waals surface area contributed by atoms with Gasteiger partial charge in [-0.05, 0) is 38.9 Å². The number of aryl methyl sites for hydroxylation is 1. The molecule has 1 aromatic carbocycles. The minimum atomic E-state index is -0.997. The molecule has 2 aromatic rings. The lowest BCUT2D eigenvalue weighted by molar-refractivity contribution is -0.144. The Morgan fingerprint density at radius 3 is 2.70 bits per heavy atom. The first-order valence-electron chi connectivity index (χ1n) is 9.24. The first-order valence-corrected chi connectivity index (χ1v) is 9.24. The Labute approximate surface area is 159 Å². The highest BCUT2D eigenvalue weighted by Gasteiger charge is 2.25. The van der Waals surface area contributed by atoms with E-state index in [0.29, 0.717) is 24.0 Å². The smallest absolute Gasteiger partial charge is 0.344 e. The molecule has 0 saturated carbocycles. The standard InChI is InChI=1S/C20H27N3O4/c1-14(20(24)25)27-18-16(5-4-6-17(18)26-3)13-23-10-7-15(8-11-23)19-21-9-12-22(19)2/h4-6,9,12,14-15H,7-8,10-11,13H2,1-3H3,(H,24,25)/t14-/m0/s1. The van der Waals surface area contributed by atoms with Crippen molar-refractivity contribution < 1.29 is 19.4 Å². The number of ether oxygens (including phenoxy) is 2. The van der Waals surface area contributed by atoms with Crippen molar-refractivity contribution in [3.63, 3.8) is 0 Å². The summed E-state index contributed by atoms with van der Waals surface area (Å²) in [7, 11) is 3.61. The fourth-order valence-electron chi connectivity index (χ4n) is 3.57. The largest absolute Gasteiger partial charge is 0.493 e. The zero-order chi connectivity index (χ0) is 19.4. The fraction of sp³-hybridized carbons (Fsp3) is 0.500. The number of hydrogen-bond donors (Lipinski definition) is 1. The third-order valence-corrected chi connectivity index (χ3v) is 5.13. The summed E-state index contributed by atoms with van der Waals surface area (Å²) >= 11 is 0. The Hall–Kier alpha value is -2.54. The molecular weight excluding hydrogens is 346 g/mol. The van der Waals surface area contributed by atoms with Crippen LogP contribution in [0.5, 0.6) is 11.5 Å². The molecule has 1 saturated heterocycles. The third-order valence-electron chi connectivity index (χ3n) is 5.13. The van der Waals surface area contributed by atoms with E-state index < -0.39 is 12.1 Å². The maximum atomic E-state index is 11.2. The second-order valence-corrected chi connectivity index (χ2v) is 6.99. The number of carboxylic acids is 1. The Bertz CT molecular complexity index is 781. The van der Waals surface area contributed by atoms with Gasteiger partial charge in [-0.1, -0.05) is 12.1 Å². The van der Waals surface area contributed by atoms with E-state index in [1.807, 2.05) is 31.6 Å². The molecule has 1 aliphatic rings. The van der Waals surface area contributed by atoms with Crippen LogP contribution in [-0.4, -0.2) is 51.8 Å². The average molecular weight is 373 g/mol. The molecule has 0 amide bonds. The van der Waals surface area contributed by atoms with Gasteiger partial charge in [-0.2, -0.15) is 0 Å². The Kier molecular flexibility index (Phi) is 6.01. The number of hydrogen-bond acceptors (Lipinski definition) is 5. The van der Waals surface area contributed by atoms with E-state index >= 15 is 0 Å². The number of aliphatic carboxylic acids is 1. The molecule has 0 bridgehead atoms. The van der Waals surface area contributed by atoms with Crippen molar-refractivity contribution in [2.45, 2.75) is 38.3 Å². The van der Waals surface area contributed by atoms with E-state index in [1.54, 1.807) is 13.2 Å². The van der Waals surface area contributed by atoms with Crippen LogP contribution < -0.4 is 9.47 Å². The summed E-state index contributed by atoms with van der Waals surface area (Å²) in [5, 5.41) is 9.18. The SMILES string of the molecule is COc1cccc(CN2CCC(c3nccn3C)CC2)c1O[C@@H](C)C(=O)O. The number of likely N-dealkylation sites (tertiary alicyclic amines) is 1. The molecule has 27 heavy (non-hydrogen) atoms. The molecule has 3 rings (SSSR count). The van der Waals surface area contributed by atoms with Crippen molar-refractivity contribution in [3.05, 3.63) is 42.0 Å². The molecular formula is C20H27N3O4. The number of imidazole rings is 1. The lowest BCUT2D eigenvalue weighted by Gasteiger charge is -2.32. The molecule has 7 heteroatoms. The molecule has 0 unspecified atom stereocenters. The first kappa shape index (κ1) is 19.2. The number of methoxy groups -OCH3 is 1. The average Bonchev–Trinajstić information content (AvgIpc) is 3.09. The molecule has 0 radical (unpaired) electrons. The number of benzene rings is 1. The normalized spacial score (nSPS) is 16.9. The predicted molar refractivity (Wildman–Crippen MR) is 101 cm³/mol. The van der Waals surface area contributed by atoms with Crippen molar-refractivity contribution in [2.24, 2.45) is 7.05 Å². The van der Waals surface area contributed by atoms with Crippen LogP contribution in [0.4, 0.5) is 0 Å². The molecule has 0 aliphatic carbocycles. The highest BCUT2D eigenvalue weighted by molar-refractivity contribution is 5.72. The quantitative estimate of drug-likeness (QED) is 0.804. The minimum Gasteiger partial charge on any atom is -0.493 e. The predicted octanol–water partition coefficient (Wildman–Crippen LogP) is 2.66. The molecule has 1 fully saturated rings. The van der Waals surface area contributed by atoms with Crippen molar-refractivity contribution in [2.75, 3.05) is 20.2 Å². The molecule has 1 aliphatic heterocycles. The van der Waals surface area contributed by atoms with Crippen LogP contribution in [0.15, 0.2) is 30.6 Å². The van der Waals surface area contributed by atoms with Crippen LogP contribution in [0.2, 0.25) is 0 Å². The number of piperidine rings is 1. The number of rotatable bonds is 7. The Balaban J connectivity index is 1.69. The monoisotopic (exact) mass is 373 g/mol. The summed E-state index contributed by atoms with van der Waals surface area (Å²) in [4.78, 5) is 18.1. The van der Waals surface area contributed by atoms with E-state index in [2.05, 4.69) is 14.5 Å². The van der Waals surface area contributed by atoms with E-state index in [4.69, 9.17) is 9.47 Å². The highest BCUT2D eigenvalue weighted by atomic mass is 16.5. The van der Waals surface area contributed by atoms with E-state index in [0.717, 1.165) is 37.3 Å². The van der Waals surface area contributed by atoms with Gasteiger partial charge >= 0.3 is 5.97 Å². The second kappa shape index (κ2) is 8.43. The fourth-order valence-corrected chi connectivity index (χ4v) is 3.57. The van der Waals surface area contributed by atoms with Gasteiger partial charge in [0, 0.05) is 37.5 Å². The van der Waals surface area contributed by atoms with Gasteiger partial charge < -0.3 is 19.1 Å². The number of nitrogens with zero attached hydrogens (tertiary/aromatic N) is 3. The molecule has 7 nitrogen and oxygen atoms in total. The number of aromatic nitrogens is 2. The maximum absolute atomic E-state index is 11.2. The molecule has 2 heterocycles. The van der Waals surface area contributed by atoms with Crippen LogP contribution in [0.3, 0.4) is 0 Å². The van der Waals surface area contributed by atoms with Gasteiger partial charge in [0.1, 0.15) is 5.82 Å². The van der Waals surface area contributed by atoms with Crippen molar-refractivity contribution in [1.82, 2.24) is 14.5 Å². The summed E-state index contributed by atoms with van der Waals surface area (Å²) in [6, 6.07) is 5.67. The summed E-state index contributed by atoms with van der Waals surface area (Å²) < 4.78 is 13.2. The van der Waals surface area contributed by atoms with E-state index in [9.17, 15) is 9.90 Å². The molecule has 1 N–H and O–H groups in total. The second-order valence-electron chi connectivity index (χ2n) is 6.99. The number of carboxylic acid groups (broad SMARTS) is 1. The number of para-hydroxylation sites is 1. The van der Waals surface area contributed by atoms with Gasteiger partial charge in [0.15, 0.2) is 17.6 Å². The Morgan fingerprint density at radius 2 is 2.11 bits per heavy atom. The minimum absolute atomic E-state index is 0.481. The van der Waals surface area contributed by atoms with Gasteiger partial charge in [-0.15, -0.1) is 0 Å². The van der Waals surface area contributed by atoms with E-state index in [-0.39, 0.29) is 0 Å². The number of carbonyl (C=O) groups is 1. The Morgan fingerprint density at radius 1 is 1.37 bits per heavy atom. The third kappa shape index (κ3) is 4.42. The van der Waals surface area contributed by atoms with Gasteiger partial charge in [-0.3, -0.25) is 4.90 Å². The topological polar surface area (TPSA) is 76.8 Å². The maximum Gasteiger partial charge on any atom is 0.344 e. The van der Waals surface area contributed by atoms with Gasteiger partial charge in [-0.25, -0.2) is 9.78 Å². The van der Waals surface area contributed by atoms with Crippen LogP contribution in [0.25, 0.3) is 0 Å². The lowest BCUT2D eigenvalue weighted by Crippen LogP contribution is -2.33. The van der Waals surface area contributed by atoms with Gasteiger partial charge in [0.2, 0.25) is 0 Å². The summed E-state index contributed by atoms with van der Waals surface area (Å²) in [5.41, 5.74) is 0.942. The van der Waals surface area contributed by atoms with Crippen molar-refractivity contribution >= 4 is 5.97 Å². The van der Waals surface area contributed by atoms with Crippen LogP contribution in [0.1, 0.15) is 37.1 Å². The zero-order valence-corrected chi connectivity index (χ0v) is 16.1. The van der Waals surface area contributed by atoms with Crippen LogP contribution in [-0.2, 0) is 18.4 Å². The van der Waals surface area contributed by atoms with Crippen molar-refractivity contribution in [3.8, 4) is 11.5 Å². The first-order chi connectivity index (χ1) is 13.0. The van der Waals surface area contributed by atoms with Crippen LogP contribution >= 0.6 is 0 Å². The van der Waals surface area contributed by atoms with Crippen molar-refractivity contribution in [1.29, 1.82) is 0 Å². The molecule has 1 aromatic heterocycles. The lowest BCUT2D eigenvalue weighted by atomic mass is 9.95. The zero-order valence-electron chi connectivity index (χ0n) is 16.1. The van der Waals surface area contributed by atoms with Gasteiger partial charge in [0.25, 0.3) is 0 Å². The summed E-state index contributed by atoms with van der Waals surface area (Å²) in [5.74, 6) is 1.71. The van der Waals surface area contributed by atoms with Gasteiger partial charge in [0.05, 0.1) is 7.11 Å². The molecule has 146 valence electrons. The highest BCUT2D eigenvalue weighted by Crippen LogP contribution is 2.34. The summed E-state index contributed by atoms with van der Waals surface area (Å²) in [6.07, 6.45) is 5.01.